The van der Waals surface area contributed by atoms with Crippen molar-refractivity contribution in [1.82, 2.24) is 10.6 Å². The summed E-state index contributed by atoms with van der Waals surface area (Å²) >= 11 is 0. The molecule has 4 nitrogen and oxygen atoms in total. The van der Waals surface area contributed by atoms with Crippen LogP contribution in [0.1, 0.15) is 23.6 Å². The first kappa shape index (κ1) is 17.0. The van der Waals surface area contributed by atoms with Crippen molar-refractivity contribution in [3.8, 4) is 0 Å². The van der Waals surface area contributed by atoms with Gasteiger partial charge in [0.2, 0.25) is 0 Å². The second kappa shape index (κ2) is 8.90. The summed E-state index contributed by atoms with van der Waals surface area (Å²) in [5.41, 5.74) is 1.46. The van der Waals surface area contributed by atoms with Gasteiger partial charge >= 0.3 is 6.03 Å². The third-order valence-corrected chi connectivity index (χ3v) is 3.49. The first-order valence-electron chi connectivity index (χ1n) is 7.64. The standard InChI is InChI=1S/C18H21FN2O2/c19-16-10-5-4-9-15(16)17(13-14-7-2-1-3-8-14)21-18(23)20-11-6-12-22/h1-5,7-10,17,22H,6,11-13H2,(H2,20,21,23). The Hall–Kier alpha value is -2.40. The Labute approximate surface area is 135 Å². The molecular weight excluding hydrogens is 295 g/mol. The lowest BCUT2D eigenvalue weighted by Crippen LogP contribution is -2.39. The van der Waals surface area contributed by atoms with Gasteiger partial charge in [-0.2, -0.15) is 0 Å². The minimum Gasteiger partial charge on any atom is -0.396 e. The Morgan fingerprint density at radius 3 is 2.48 bits per heavy atom. The van der Waals surface area contributed by atoms with E-state index in [-0.39, 0.29) is 18.5 Å². The first-order valence-corrected chi connectivity index (χ1v) is 7.64. The Balaban J connectivity index is 2.11. The van der Waals surface area contributed by atoms with Crippen molar-refractivity contribution in [3.05, 3.63) is 71.5 Å². The fourth-order valence-electron chi connectivity index (χ4n) is 2.34. The van der Waals surface area contributed by atoms with Gasteiger partial charge in [-0.15, -0.1) is 0 Å². The summed E-state index contributed by atoms with van der Waals surface area (Å²) in [6.07, 6.45) is 0.978. The number of carbonyl (C=O) groups excluding carboxylic acids is 1. The van der Waals surface area contributed by atoms with E-state index < -0.39 is 6.04 Å². The summed E-state index contributed by atoms with van der Waals surface area (Å²) in [5.74, 6) is -0.343. The lowest BCUT2D eigenvalue weighted by Gasteiger charge is -2.20. The third kappa shape index (κ3) is 5.38. The summed E-state index contributed by atoms with van der Waals surface area (Å²) in [6, 6.07) is 15.2. The zero-order chi connectivity index (χ0) is 16.5. The molecule has 3 N–H and O–H groups in total. The molecule has 23 heavy (non-hydrogen) atoms. The Morgan fingerprint density at radius 2 is 1.78 bits per heavy atom. The van der Waals surface area contributed by atoms with Gasteiger partial charge in [-0.1, -0.05) is 48.5 Å². The van der Waals surface area contributed by atoms with Crippen molar-refractivity contribution in [2.45, 2.75) is 18.9 Å². The van der Waals surface area contributed by atoms with E-state index in [1.807, 2.05) is 30.3 Å². The lowest BCUT2D eigenvalue weighted by molar-refractivity contribution is 0.234. The van der Waals surface area contributed by atoms with Crippen LogP contribution in [0.4, 0.5) is 9.18 Å². The second-order valence-corrected chi connectivity index (χ2v) is 5.24. The highest BCUT2D eigenvalue weighted by molar-refractivity contribution is 5.74. The van der Waals surface area contributed by atoms with Crippen molar-refractivity contribution in [3.63, 3.8) is 0 Å². The number of urea groups is 1. The number of amides is 2. The van der Waals surface area contributed by atoms with Gasteiger partial charge in [-0.3, -0.25) is 0 Å². The first-order chi connectivity index (χ1) is 11.2. The van der Waals surface area contributed by atoms with Crippen LogP contribution in [0.2, 0.25) is 0 Å². The molecule has 5 heteroatoms. The number of carbonyl (C=O) groups is 1. The van der Waals surface area contributed by atoms with Gasteiger partial charge in [0.05, 0.1) is 6.04 Å². The van der Waals surface area contributed by atoms with Crippen molar-refractivity contribution in [1.29, 1.82) is 0 Å². The van der Waals surface area contributed by atoms with Crippen LogP contribution in [-0.4, -0.2) is 24.3 Å². The highest BCUT2D eigenvalue weighted by Crippen LogP contribution is 2.21. The van der Waals surface area contributed by atoms with Gasteiger partial charge in [0.15, 0.2) is 0 Å². The van der Waals surface area contributed by atoms with E-state index in [4.69, 9.17) is 5.11 Å². The summed E-state index contributed by atoms with van der Waals surface area (Å²) < 4.78 is 14.1. The maximum Gasteiger partial charge on any atom is 0.315 e. The molecule has 0 heterocycles. The van der Waals surface area contributed by atoms with E-state index in [9.17, 15) is 9.18 Å². The van der Waals surface area contributed by atoms with Crippen molar-refractivity contribution >= 4 is 6.03 Å². The van der Waals surface area contributed by atoms with Crippen LogP contribution in [0.5, 0.6) is 0 Å². The molecule has 0 aromatic heterocycles. The molecule has 0 radical (unpaired) electrons. The molecule has 2 amide bonds. The highest BCUT2D eigenvalue weighted by atomic mass is 19.1. The topological polar surface area (TPSA) is 61.4 Å². The lowest BCUT2D eigenvalue weighted by atomic mass is 9.98. The molecule has 2 aromatic rings. The van der Waals surface area contributed by atoms with Gasteiger partial charge in [-0.25, -0.2) is 9.18 Å². The van der Waals surface area contributed by atoms with Crippen LogP contribution in [-0.2, 0) is 6.42 Å². The largest absolute Gasteiger partial charge is 0.396 e. The molecular formula is C18H21FN2O2. The number of halogens is 1. The molecule has 0 aliphatic carbocycles. The van der Waals surface area contributed by atoms with E-state index >= 15 is 0 Å². The summed E-state index contributed by atoms with van der Waals surface area (Å²) in [6.45, 7) is 0.388. The smallest absolute Gasteiger partial charge is 0.315 e. The van der Waals surface area contributed by atoms with Crippen LogP contribution in [0, 0.1) is 5.82 Å². The molecule has 0 saturated carbocycles. The van der Waals surface area contributed by atoms with E-state index in [0.29, 0.717) is 24.9 Å². The molecule has 122 valence electrons. The van der Waals surface area contributed by atoms with Gasteiger partial charge in [0.25, 0.3) is 0 Å². The Bertz CT molecular complexity index is 619. The molecule has 0 aliphatic heterocycles. The molecule has 1 atom stereocenters. The molecule has 0 fully saturated rings. The number of nitrogens with one attached hydrogen (secondary N) is 2. The van der Waals surface area contributed by atoms with Gasteiger partial charge in [-0.05, 0) is 24.5 Å². The Kier molecular flexibility index (Phi) is 6.56. The molecule has 0 saturated heterocycles. The summed E-state index contributed by atoms with van der Waals surface area (Å²) in [4.78, 5) is 12.0. The fourth-order valence-corrected chi connectivity index (χ4v) is 2.34. The van der Waals surface area contributed by atoms with Crippen LogP contribution in [0.15, 0.2) is 54.6 Å². The quantitative estimate of drug-likeness (QED) is 0.688. The van der Waals surface area contributed by atoms with E-state index in [1.165, 1.54) is 6.07 Å². The number of rotatable bonds is 7. The SMILES string of the molecule is O=C(NCCCO)NC(Cc1ccccc1)c1ccccc1F. The van der Waals surface area contributed by atoms with E-state index in [0.717, 1.165) is 5.56 Å². The number of hydrogen-bond donors (Lipinski definition) is 3. The van der Waals surface area contributed by atoms with Crippen molar-refractivity contribution in [2.75, 3.05) is 13.2 Å². The summed E-state index contributed by atoms with van der Waals surface area (Å²) in [5, 5.41) is 14.2. The average molecular weight is 316 g/mol. The predicted molar refractivity (Wildman–Crippen MR) is 87.5 cm³/mol. The maximum absolute atomic E-state index is 14.1. The maximum atomic E-state index is 14.1. The van der Waals surface area contributed by atoms with Crippen LogP contribution in [0.25, 0.3) is 0 Å². The number of aliphatic hydroxyl groups excluding tert-OH is 1. The van der Waals surface area contributed by atoms with Crippen molar-refractivity contribution < 1.29 is 14.3 Å². The van der Waals surface area contributed by atoms with Gasteiger partial charge < -0.3 is 15.7 Å². The zero-order valence-electron chi connectivity index (χ0n) is 12.8. The predicted octanol–water partition coefficient (Wildman–Crippen LogP) is 2.79. The second-order valence-electron chi connectivity index (χ2n) is 5.24. The van der Waals surface area contributed by atoms with Crippen LogP contribution >= 0.6 is 0 Å². The molecule has 1 unspecified atom stereocenters. The van der Waals surface area contributed by atoms with Gasteiger partial charge in [0.1, 0.15) is 5.82 Å². The van der Waals surface area contributed by atoms with Crippen LogP contribution < -0.4 is 10.6 Å². The third-order valence-electron chi connectivity index (χ3n) is 3.49. The minimum atomic E-state index is -0.465. The molecule has 0 spiro atoms. The van der Waals surface area contributed by atoms with E-state index in [2.05, 4.69) is 10.6 Å². The van der Waals surface area contributed by atoms with Gasteiger partial charge in [0, 0.05) is 18.7 Å². The summed E-state index contributed by atoms with van der Waals surface area (Å²) in [7, 11) is 0. The number of hydrogen-bond acceptors (Lipinski definition) is 2. The highest BCUT2D eigenvalue weighted by Gasteiger charge is 2.18. The number of aliphatic hydroxyl groups is 1. The fraction of sp³-hybridized carbons (Fsp3) is 0.278. The normalized spacial score (nSPS) is 11.7. The molecule has 0 bridgehead atoms. The van der Waals surface area contributed by atoms with Crippen molar-refractivity contribution in [2.24, 2.45) is 0 Å². The van der Waals surface area contributed by atoms with Crippen LogP contribution in [0.3, 0.4) is 0 Å². The number of benzene rings is 2. The molecule has 0 aliphatic rings. The minimum absolute atomic E-state index is 0.0149. The zero-order valence-corrected chi connectivity index (χ0v) is 12.8. The average Bonchev–Trinajstić information content (AvgIpc) is 2.56. The van der Waals surface area contributed by atoms with E-state index in [1.54, 1.807) is 18.2 Å². The Morgan fingerprint density at radius 1 is 1.09 bits per heavy atom. The molecule has 2 aromatic carbocycles. The monoisotopic (exact) mass is 316 g/mol. The molecule has 2 rings (SSSR count).